The average molecular weight is 232 g/mol. The van der Waals surface area contributed by atoms with Gasteiger partial charge in [0, 0.05) is 5.22 Å². The van der Waals surface area contributed by atoms with Crippen molar-refractivity contribution in [3.63, 3.8) is 0 Å². The van der Waals surface area contributed by atoms with Gasteiger partial charge in [-0.3, -0.25) is 0 Å². The van der Waals surface area contributed by atoms with Gasteiger partial charge in [0.05, 0.1) is 0 Å². The van der Waals surface area contributed by atoms with Crippen LogP contribution < -0.4 is 0 Å². The summed E-state index contributed by atoms with van der Waals surface area (Å²) in [4.78, 5) is 10.9. The first-order valence-corrected chi connectivity index (χ1v) is 4.94. The fourth-order valence-electron chi connectivity index (χ4n) is 1.35. The molecule has 1 aromatic carbocycles. The highest BCUT2D eigenvalue weighted by Crippen LogP contribution is 2.12. The quantitative estimate of drug-likeness (QED) is 0.452. The van der Waals surface area contributed by atoms with E-state index in [2.05, 4.69) is 15.5 Å². The van der Waals surface area contributed by atoms with Crippen LogP contribution in [-0.2, 0) is 0 Å². The van der Waals surface area contributed by atoms with E-state index in [0.717, 1.165) is 11.9 Å². The molecule has 86 valence electrons. The van der Waals surface area contributed by atoms with Crippen LogP contribution in [-0.4, -0.2) is 22.6 Å². The highest BCUT2D eigenvalue weighted by atomic mass is 16.7. The van der Waals surface area contributed by atoms with E-state index in [0.29, 0.717) is 0 Å². The summed E-state index contributed by atoms with van der Waals surface area (Å²) in [5.41, 5.74) is 0.974. The molecule has 1 unspecified atom stereocenters. The molecule has 7 nitrogen and oxygen atoms in total. The number of rotatable bonds is 4. The van der Waals surface area contributed by atoms with Crippen molar-refractivity contribution in [3.8, 4) is 0 Å². The second-order valence-corrected chi connectivity index (χ2v) is 3.43. The molecule has 0 aliphatic carbocycles. The summed E-state index contributed by atoms with van der Waals surface area (Å²) in [6, 6.07) is 9.52. The van der Waals surface area contributed by atoms with Crippen LogP contribution in [0.25, 0.3) is 6.08 Å². The van der Waals surface area contributed by atoms with Crippen LogP contribution in [0.1, 0.15) is 5.56 Å². The fraction of sp³-hybridized carbons (Fsp3) is 0.100. The van der Waals surface area contributed by atoms with E-state index in [4.69, 9.17) is 0 Å². The standard InChI is InChI=1S/C10H10N5O2/c16-14(17)15(9-11-12-13-15)8-4-7-10-5-2-1-3-6-10/h1-7,9H,8H2/q+1/b7-4+. The third kappa shape index (κ3) is 2.40. The lowest BCUT2D eigenvalue weighted by Crippen LogP contribution is -2.45. The second-order valence-electron chi connectivity index (χ2n) is 3.43. The summed E-state index contributed by atoms with van der Waals surface area (Å²) in [6.45, 7) is 0.0783. The molecule has 0 saturated carbocycles. The van der Waals surface area contributed by atoms with Crippen LogP contribution in [0.5, 0.6) is 0 Å². The van der Waals surface area contributed by atoms with Gasteiger partial charge in [0.1, 0.15) is 9.92 Å². The maximum absolute atomic E-state index is 10.9. The largest absolute Gasteiger partial charge is 0.305 e. The Kier molecular flexibility index (Phi) is 3.01. The number of hydrogen-bond acceptors (Lipinski definition) is 5. The van der Waals surface area contributed by atoms with E-state index >= 15 is 0 Å². The van der Waals surface area contributed by atoms with Crippen molar-refractivity contribution in [1.29, 1.82) is 0 Å². The molecule has 0 aromatic heterocycles. The lowest BCUT2D eigenvalue weighted by Gasteiger charge is -2.07. The predicted octanol–water partition coefficient (Wildman–Crippen LogP) is 2.03. The molecule has 1 aromatic rings. The van der Waals surface area contributed by atoms with Crippen molar-refractivity contribution >= 4 is 12.4 Å². The minimum absolute atomic E-state index is 0.0783. The average Bonchev–Trinajstić information content (AvgIpc) is 2.80. The highest BCUT2D eigenvalue weighted by molar-refractivity contribution is 5.50. The topological polar surface area (TPSA) is 80.2 Å². The summed E-state index contributed by atoms with van der Waals surface area (Å²) < 4.78 is -0.830. The molecule has 1 heterocycles. The third-order valence-corrected chi connectivity index (χ3v) is 2.25. The Balaban J connectivity index is 2.07. The van der Waals surface area contributed by atoms with E-state index < -0.39 is 9.73 Å². The Bertz CT molecular complexity index is 483. The minimum Gasteiger partial charge on any atom is -0.205 e. The monoisotopic (exact) mass is 232 g/mol. The molecule has 0 bridgehead atoms. The Hall–Kier alpha value is -2.41. The van der Waals surface area contributed by atoms with Crippen molar-refractivity contribution < 1.29 is 9.73 Å². The molecule has 0 radical (unpaired) electrons. The van der Waals surface area contributed by atoms with E-state index in [-0.39, 0.29) is 6.54 Å². The Labute approximate surface area is 97.1 Å². The summed E-state index contributed by atoms with van der Waals surface area (Å²) >= 11 is 0. The summed E-state index contributed by atoms with van der Waals surface area (Å²) in [6.07, 6.45) is 4.56. The molecular formula is C10H10N5O2+. The first kappa shape index (κ1) is 11.1. The molecule has 2 rings (SSSR count). The van der Waals surface area contributed by atoms with Gasteiger partial charge in [-0.15, -0.1) is 0 Å². The SMILES string of the molecule is O=[N+]([O-])[N+]1(C/C=C/c2ccccc2)C=NN=N1. The van der Waals surface area contributed by atoms with Crippen LogP contribution in [0.2, 0.25) is 0 Å². The Morgan fingerprint density at radius 2 is 2.12 bits per heavy atom. The van der Waals surface area contributed by atoms with Gasteiger partial charge >= 0.3 is 6.34 Å². The maximum atomic E-state index is 10.9. The first-order valence-electron chi connectivity index (χ1n) is 4.94. The molecule has 1 aliphatic rings. The van der Waals surface area contributed by atoms with Crippen molar-refractivity contribution in [2.75, 3.05) is 6.54 Å². The van der Waals surface area contributed by atoms with E-state index in [1.165, 1.54) is 0 Å². The summed E-state index contributed by atoms with van der Waals surface area (Å²) in [7, 11) is 0. The van der Waals surface area contributed by atoms with Crippen LogP contribution in [0.4, 0.5) is 0 Å². The van der Waals surface area contributed by atoms with Crippen molar-refractivity contribution in [2.24, 2.45) is 15.5 Å². The lowest BCUT2D eigenvalue weighted by atomic mass is 10.2. The molecule has 1 atom stereocenters. The van der Waals surface area contributed by atoms with Gasteiger partial charge in [-0.1, -0.05) is 41.5 Å². The van der Waals surface area contributed by atoms with E-state index in [9.17, 15) is 10.1 Å². The second kappa shape index (κ2) is 4.62. The number of nitro groups is 1. The van der Waals surface area contributed by atoms with Crippen molar-refractivity contribution in [3.05, 3.63) is 52.1 Å². The molecule has 0 amide bonds. The van der Waals surface area contributed by atoms with Crippen molar-refractivity contribution in [2.45, 2.75) is 0 Å². The number of quaternary nitrogens is 1. The van der Waals surface area contributed by atoms with Gasteiger partial charge in [-0.2, -0.15) is 0 Å². The highest BCUT2D eigenvalue weighted by Gasteiger charge is 2.42. The Morgan fingerprint density at radius 1 is 1.35 bits per heavy atom. The molecule has 0 saturated heterocycles. The number of nitrogens with zero attached hydrogens (tertiary/aromatic N) is 5. The van der Waals surface area contributed by atoms with Gasteiger partial charge in [-0.25, -0.2) is 10.1 Å². The maximum Gasteiger partial charge on any atom is 0.305 e. The van der Waals surface area contributed by atoms with E-state index in [1.807, 2.05) is 30.3 Å². The van der Waals surface area contributed by atoms with Gasteiger partial charge < -0.3 is 0 Å². The van der Waals surface area contributed by atoms with Gasteiger partial charge in [0.2, 0.25) is 0 Å². The minimum atomic E-state index is -0.830. The molecule has 17 heavy (non-hydrogen) atoms. The summed E-state index contributed by atoms with van der Waals surface area (Å²) in [5.74, 6) is 0. The number of hydrogen-bond donors (Lipinski definition) is 0. The number of benzene rings is 1. The molecule has 1 aliphatic heterocycles. The fourth-order valence-corrected chi connectivity index (χ4v) is 1.35. The van der Waals surface area contributed by atoms with E-state index in [1.54, 1.807) is 12.2 Å². The lowest BCUT2D eigenvalue weighted by molar-refractivity contribution is -1.27. The molecule has 7 heteroatoms. The van der Waals surface area contributed by atoms with Crippen molar-refractivity contribution in [1.82, 2.24) is 0 Å². The first-order chi connectivity index (χ1) is 8.23. The van der Waals surface area contributed by atoms with Crippen LogP contribution in [0.15, 0.2) is 52.0 Å². The van der Waals surface area contributed by atoms with Gasteiger partial charge in [-0.05, 0) is 11.6 Å². The van der Waals surface area contributed by atoms with Gasteiger partial charge in [0.25, 0.3) is 5.03 Å². The smallest absolute Gasteiger partial charge is 0.205 e. The van der Waals surface area contributed by atoms with Crippen LogP contribution in [0, 0.1) is 10.1 Å². The van der Waals surface area contributed by atoms with Gasteiger partial charge in [0.15, 0.2) is 6.54 Å². The third-order valence-electron chi connectivity index (χ3n) is 2.25. The predicted molar refractivity (Wildman–Crippen MR) is 60.9 cm³/mol. The normalized spacial score (nSPS) is 22.4. The zero-order valence-electron chi connectivity index (χ0n) is 8.88. The molecule has 0 spiro atoms. The molecular weight excluding hydrogens is 222 g/mol. The molecule has 0 N–H and O–H groups in total. The zero-order chi connectivity index (χ0) is 12.1. The van der Waals surface area contributed by atoms with Crippen LogP contribution in [0.3, 0.4) is 0 Å². The molecule has 0 fully saturated rings. The Morgan fingerprint density at radius 3 is 2.71 bits per heavy atom. The summed E-state index contributed by atoms with van der Waals surface area (Å²) in [5, 5.41) is 20.5. The van der Waals surface area contributed by atoms with Crippen LogP contribution >= 0.6 is 0 Å². The zero-order valence-corrected chi connectivity index (χ0v) is 8.88.